The molecule has 0 aliphatic carbocycles. The van der Waals surface area contributed by atoms with Gasteiger partial charge in [0.2, 0.25) is 0 Å². The summed E-state index contributed by atoms with van der Waals surface area (Å²) in [6.45, 7) is 2.47. The number of carbonyl (C=O) groups is 1. The number of nitrogens with zero attached hydrogens (tertiary/aromatic N) is 2. The zero-order chi connectivity index (χ0) is 13.1. The first-order valence-corrected chi connectivity index (χ1v) is 6.41. The van der Waals surface area contributed by atoms with E-state index in [0.29, 0.717) is 11.3 Å². The first-order chi connectivity index (χ1) is 8.59. The maximum atomic E-state index is 12.5. The summed E-state index contributed by atoms with van der Waals surface area (Å²) in [6, 6.07) is 5.75. The number of anilines is 1. The molecule has 0 radical (unpaired) electrons. The number of nitrogens with two attached hydrogens (primary N) is 1. The zero-order valence-electron chi connectivity index (χ0n) is 11.1. The number of nitrogen functional groups attached to an aromatic ring is 1. The van der Waals surface area contributed by atoms with Crippen LogP contribution in [0, 0.1) is 0 Å². The van der Waals surface area contributed by atoms with E-state index < -0.39 is 0 Å². The van der Waals surface area contributed by atoms with Crippen molar-refractivity contribution in [3.63, 3.8) is 0 Å². The van der Waals surface area contributed by atoms with E-state index in [1.165, 1.54) is 0 Å². The second kappa shape index (κ2) is 5.40. The van der Waals surface area contributed by atoms with Gasteiger partial charge in [0.15, 0.2) is 0 Å². The summed E-state index contributed by atoms with van der Waals surface area (Å²) in [5.41, 5.74) is 8.37. The molecule has 0 fully saturated rings. The molecule has 4 heteroatoms. The quantitative estimate of drug-likeness (QED) is 0.817. The largest absolute Gasteiger partial charge is 0.398 e. The number of amides is 1. The number of carbonyl (C=O) groups excluding carboxylic acids is 1. The smallest absolute Gasteiger partial charge is 0.256 e. The Morgan fingerprint density at radius 3 is 2.89 bits per heavy atom. The second-order valence-electron chi connectivity index (χ2n) is 5.08. The van der Waals surface area contributed by atoms with Crippen LogP contribution in [0.2, 0.25) is 0 Å². The van der Waals surface area contributed by atoms with E-state index in [0.717, 1.165) is 38.0 Å². The minimum Gasteiger partial charge on any atom is -0.398 e. The van der Waals surface area contributed by atoms with Crippen molar-refractivity contribution in [2.24, 2.45) is 0 Å². The van der Waals surface area contributed by atoms with E-state index in [4.69, 9.17) is 5.73 Å². The van der Waals surface area contributed by atoms with Gasteiger partial charge in [-0.05, 0) is 38.6 Å². The highest BCUT2D eigenvalue weighted by molar-refractivity contribution is 6.00. The molecule has 0 spiro atoms. The van der Waals surface area contributed by atoms with Crippen molar-refractivity contribution in [2.45, 2.75) is 12.8 Å². The molecule has 98 valence electrons. The molecule has 0 atom stereocenters. The summed E-state index contributed by atoms with van der Waals surface area (Å²) < 4.78 is 0. The van der Waals surface area contributed by atoms with Crippen LogP contribution in [0.4, 0.5) is 5.69 Å². The highest BCUT2D eigenvalue weighted by atomic mass is 16.2. The molecule has 4 nitrogen and oxygen atoms in total. The van der Waals surface area contributed by atoms with Crippen molar-refractivity contribution < 1.29 is 4.79 Å². The van der Waals surface area contributed by atoms with Crippen LogP contribution in [0.3, 0.4) is 0 Å². The number of aryl methyl sites for hydroxylation is 1. The van der Waals surface area contributed by atoms with Crippen molar-refractivity contribution in [1.29, 1.82) is 0 Å². The van der Waals surface area contributed by atoms with Gasteiger partial charge in [-0.3, -0.25) is 4.79 Å². The van der Waals surface area contributed by atoms with Crippen molar-refractivity contribution in [3.05, 3.63) is 29.3 Å². The van der Waals surface area contributed by atoms with Gasteiger partial charge in [0, 0.05) is 25.3 Å². The van der Waals surface area contributed by atoms with E-state index >= 15 is 0 Å². The van der Waals surface area contributed by atoms with Crippen molar-refractivity contribution in [2.75, 3.05) is 39.5 Å². The predicted octanol–water partition coefficient (Wildman–Crippen LogP) is 1.22. The molecule has 1 heterocycles. The van der Waals surface area contributed by atoms with Gasteiger partial charge in [0.1, 0.15) is 0 Å². The highest BCUT2D eigenvalue weighted by Gasteiger charge is 2.23. The Bertz CT molecular complexity index is 443. The molecule has 0 unspecified atom stereocenters. The monoisotopic (exact) mass is 247 g/mol. The van der Waals surface area contributed by atoms with Gasteiger partial charge in [-0.15, -0.1) is 0 Å². The van der Waals surface area contributed by atoms with Crippen molar-refractivity contribution in [3.8, 4) is 0 Å². The second-order valence-corrected chi connectivity index (χ2v) is 5.08. The number of hydrogen-bond acceptors (Lipinski definition) is 3. The Morgan fingerprint density at radius 2 is 2.17 bits per heavy atom. The van der Waals surface area contributed by atoms with Crippen LogP contribution in [0.25, 0.3) is 0 Å². The SMILES string of the molecule is CN(C)CCN1CCCc2cccc(N)c2C1=O. The van der Waals surface area contributed by atoms with Gasteiger partial charge in [-0.25, -0.2) is 0 Å². The fourth-order valence-corrected chi connectivity index (χ4v) is 2.34. The molecule has 2 N–H and O–H groups in total. The first-order valence-electron chi connectivity index (χ1n) is 6.41. The molecule has 1 aromatic carbocycles. The summed E-state index contributed by atoms with van der Waals surface area (Å²) in [5.74, 6) is 0.0856. The van der Waals surface area contributed by atoms with Crippen LogP contribution in [0.5, 0.6) is 0 Å². The Hall–Kier alpha value is -1.55. The van der Waals surface area contributed by atoms with Crippen LogP contribution in [0.1, 0.15) is 22.3 Å². The topological polar surface area (TPSA) is 49.6 Å². The molecule has 18 heavy (non-hydrogen) atoms. The van der Waals surface area contributed by atoms with Crippen molar-refractivity contribution >= 4 is 11.6 Å². The Balaban J connectivity index is 2.23. The molecule has 1 amide bonds. The third-order valence-electron chi connectivity index (χ3n) is 3.38. The van der Waals surface area contributed by atoms with Crippen molar-refractivity contribution in [1.82, 2.24) is 9.80 Å². The standard InChI is InChI=1S/C14H21N3O/c1-16(2)9-10-17-8-4-6-11-5-3-7-12(15)13(11)14(17)18/h3,5,7H,4,6,8-10,15H2,1-2H3. The zero-order valence-corrected chi connectivity index (χ0v) is 11.1. The van der Waals surface area contributed by atoms with E-state index in [-0.39, 0.29) is 5.91 Å². The molecular formula is C14H21N3O. The van der Waals surface area contributed by atoms with Gasteiger partial charge < -0.3 is 15.5 Å². The summed E-state index contributed by atoms with van der Waals surface area (Å²) in [7, 11) is 4.04. The van der Waals surface area contributed by atoms with Gasteiger partial charge in [-0.2, -0.15) is 0 Å². The van der Waals surface area contributed by atoms with Gasteiger partial charge >= 0.3 is 0 Å². The fourth-order valence-electron chi connectivity index (χ4n) is 2.34. The van der Waals surface area contributed by atoms with E-state index in [1.807, 2.05) is 37.2 Å². The predicted molar refractivity (Wildman–Crippen MR) is 73.6 cm³/mol. The average Bonchev–Trinajstić information content (AvgIpc) is 2.47. The lowest BCUT2D eigenvalue weighted by Crippen LogP contribution is -2.36. The molecular weight excluding hydrogens is 226 g/mol. The average molecular weight is 247 g/mol. The minimum atomic E-state index is 0.0856. The van der Waals surface area contributed by atoms with Gasteiger partial charge in [-0.1, -0.05) is 12.1 Å². The van der Waals surface area contributed by atoms with Gasteiger partial charge in [0.25, 0.3) is 5.91 Å². The molecule has 0 saturated carbocycles. The lowest BCUT2D eigenvalue weighted by atomic mass is 10.0. The van der Waals surface area contributed by atoms with Crippen LogP contribution < -0.4 is 5.73 Å². The number of rotatable bonds is 3. The molecule has 2 rings (SSSR count). The van der Waals surface area contributed by atoms with Crippen LogP contribution >= 0.6 is 0 Å². The molecule has 0 saturated heterocycles. The number of fused-ring (bicyclic) bond motifs is 1. The maximum Gasteiger partial charge on any atom is 0.256 e. The summed E-state index contributed by atoms with van der Waals surface area (Å²) in [4.78, 5) is 16.5. The number of hydrogen-bond donors (Lipinski definition) is 1. The molecule has 0 aromatic heterocycles. The lowest BCUT2D eigenvalue weighted by Gasteiger charge is -2.23. The lowest BCUT2D eigenvalue weighted by molar-refractivity contribution is 0.0751. The van der Waals surface area contributed by atoms with E-state index in [1.54, 1.807) is 0 Å². The minimum absolute atomic E-state index is 0.0856. The van der Waals surface area contributed by atoms with Crippen LogP contribution in [0.15, 0.2) is 18.2 Å². The number of likely N-dealkylation sites (N-methyl/N-ethyl adjacent to an activating group) is 1. The van der Waals surface area contributed by atoms with Crippen LogP contribution in [-0.4, -0.2) is 49.4 Å². The Labute approximate surface area is 108 Å². The summed E-state index contributed by atoms with van der Waals surface area (Å²) in [6.07, 6.45) is 1.94. The van der Waals surface area contributed by atoms with Crippen LogP contribution in [-0.2, 0) is 6.42 Å². The third-order valence-corrected chi connectivity index (χ3v) is 3.38. The first kappa shape index (κ1) is 12.9. The molecule has 0 bridgehead atoms. The fraction of sp³-hybridized carbons (Fsp3) is 0.500. The molecule has 1 aliphatic rings. The normalized spacial score (nSPS) is 15.7. The molecule has 1 aromatic rings. The van der Waals surface area contributed by atoms with Gasteiger partial charge in [0.05, 0.1) is 5.56 Å². The summed E-state index contributed by atoms with van der Waals surface area (Å²) >= 11 is 0. The Morgan fingerprint density at radius 1 is 1.39 bits per heavy atom. The van der Waals surface area contributed by atoms with E-state index in [9.17, 15) is 4.79 Å². The third kappa shape index (κ3) is 2.64. The maximum absolute atomic E-state index is 12.5. The molecule has 1 aliphatic heterocycles. The number of benzene rings is 1. The highest BCUT2D eigenvalue weighted by Crippen LogP contribution is 2.23. The summed E-state index contributed by atoms with van der Waals surface area (Å²) in [5, 5.41) is 0. The van der Waals surface area contributed by atoms with E-state index in [2.05, 4.69) is 4.90 Å². The Kier molecular flexibility index (Phi) is 3.87.